The topological polar surface area (TPSA) is 70.6 Å². The Morgan fingerprint density at radius 1 is 1.69 bits per heavy atom. The number of oxime groups is 1. The zero-order valence-corrected chi connectivity index (χ0v) is 10.3. The highest BCUT2D eigenvalue weighted by Crippen LogP contribution is 2.10. The Kier molecular flexibility index (Phi) is 5.88. The maximum absolute atomic E-state index is 8.36. The van der Waals surface area contributed by atoms with Gasteiger partial charge in [0.05, 0.1) is 0 Å². The summed E-state index contributed by atoms with van der Waals surface area (Å²) in [7, 11) is 0. The number of hydrogen-bond donors (Lipinski definition) is 3. The molecule has 16 heavy (non-hydrogen) atoms. The molecule has 0 fully saturated rings. The van der Waals surface area contributed by atoms with Crippen molar-refractivity contribution in [2.45, 2.75) is 32.2 Å². The highest BCUT2D eigenvalue weighted by Gasteiger charge is 2.03. The Morgan fingerprint density at radius 2 is 2.50 bits per heavy atom. The highest BCUT2D eigenvalue weighted by atomic mass is 32.1. The lowest BCUT2D eigenvalue weighted by Gasteiger charge is -2.12. The van der Waals surface area contributed by atoms with Crippen LogP contribution in [-0.2, 0) is 6.42 Å². The summed E-state index contributed by atoms with van der Waals surface area (Å²) in [5.74, 6) is 0.299. The van der Waals surface area contributed by atoms with Gasteiger partial charge < -0.3 is 16.3 Å². The molecule has 90 valence electrons. The van der Waals surface area contributed by atoms with Crippen LogP contribution in [0, 0.1) is 0 Å². The molecule has 1 rings (SSSR count). The van der Waals surface area contributed by atoms with Crippen molar-refractivity contribution in [2.75, 3.05) is 6.54 Å². The van der Waals surface area contributed by atoms with Gasteiger partial charge in [0, 0.05) is 17.3 Å². The number of amidine groups is 1. The van der Waals surface area contributed by atoms with Gasteiger partial charge in [-0.3, -0.25) is 0 Å². The maximum Gasteiger partial charge on any atom is 0.139 e. The second-order valence-electron chi connectivity index (χ2n) is 3.83. The normalized spacial score (nSPS) is 13.9. The molecule has 0 saturated heterocycles. The smallest absolute Gasteiger partial charge is 0.139 e. The van der Waals surface area contributed by atoms with Gasteiger partial charge in [0.1, 0.15) is 5.84 Å². The summed E-state index contributed by atoms with van der Waals surface area (Å²) in [5.41, 5.74) is 5.37. The van der Waals surface area contributed by atoms with Gasteiger partial charge in [-0.25, -0.2) is 0 Å². The van der Waals surface area contributed by atoms with Crippen molar-refractivity contribution in [1.82, 2.24) is 5.32 Å². The first-order valence-corrected chi connectivity index (χ1v) is 6.32. The standard InChI is InChI=1S/C11H19N3OS/c1-9(8-10-4-3-7-16-10)13-6-2-5-11(12)14-15/h3-4,7,9,13,15H,2,5-6,8H2,1H3,(H2,12,14). The minimum absolute atomic E-state index is 0.299. The summed E-state index contributed by atoms with van der Waals surface area (Å²) in [6, 6.07) is 4.69. The molecule has 0 spiro atoms. The molecule has 0 saturated carbocycles. The van der Waals surface area contributed by atoms with Gasteiger partial charge in [0.15, 0.2) is 0 Å². The van der Waals surface area contributed by atoms with Crippen LogP contribution in [0.25, 0.3) is 0 Å². The molecule has 0 aromatic carbocycles. The molecule has 0 amide bonds. The zero-order valence-electron chi connectivity index (χ0n) is 9.52. The minimum Gasteiger partial charge on any atom is -0.409 e. The Bertz CT molecular complexity index is 311. The highest BCUT2D eigenvalue weighted by molar-refractivity contribution is 7.09. The number of nitrogens with two attached hydrogens (primary N) is 1. The molecule has 1 atom stereocenters. The predicted molar refractivity (Wildman–Crippen MR) is 68.1 cm³/mol. The summed E-state index contributed by atoms with van der Waals surface area (Å²) in [5, 5.41) is 16.8. The minimum atomic E-state index is 0.299. The molecule has 4 N–H and O–H groups in total. The van der Waals surface area contributed by atoms with Crippen LogP contribution in [0.3, 0.4) is 0 Å². The molecule has 1 unspecified atom stereocenters. The molecule has 0 bridgehead atoms. The number of rotatable bonds is 7. The number of nitrogens with zero attached hydrogens (tertiary/aromatic N) is 1. The fourth-order valence-corrected chi connectivity index (χ4v) is 2.31. The molecule has 0 aliphatic rings. The van der Waals surface area contributed by atoms with Crippen molar-refractivity contribution in [3.8, 4) is 0 Å². The van der Waals surface area contributed by atoms with E-state index in [9.17, 15) is 0 Å². The van der Waals surface area contributed by atoms with Gasteiger partial charge in [-0.15, -0.1) is 11.3 Å². The SMILES string of the molecule is CC(Cc1cccs1)NCCCC(N)=NO. The quantitative estimate of drug-likeness (QED) is 0.224. The van der Waals surface area contributed by atoms with E-state index in [0.29, 0.717) is 18.3 Å². The average molecular weight is 241 g/mol. The van der Waals surface area contributed by atoms with E-state index in [1.54, 1.807) is 11.3 Å². The van der Waals surface area contributed by atoms with E-state index in [1.807, 2.05) is 0 Å². The van der Waals surface area contributed by atoms with Crippen LogP contribution < -0.4 is 11.1 Å². The van der Waals surface area contributed by atoms with Crippen LogP contribution in [0.15, 0.2) is 22.7 Å². The number of nitrogens with one attached hydrogen (secondary N) is 1. The third-order valence-corrected chi connectivity index (χ3v) is 3.22. The Morgan fingerprint density at radius 3 is 3.12 bits per heavy atom. The van der Waals surface area contributed by atoms with Crippen molar-refractivity contribution in [2.24, 2.45) is 10.9 Å². The van der Waals surface area contributed by atoms with E-state index >= 15 is 0 Å². The van der Waals surface area contributed by atoms with E-state index in [-0.39, 0.29) is 0 Å². The Hall–Kier alpha value is -1.07. The first kappa shape index (κ1) is 13.0. The van der Waals surface area contributed by atoms with E-state index < -0.39 is 0 Å². The van der Waals surface area contributed by atoms with Gasteiger partial charge in [-0.2, -0.15) is 0 Å². The third-order valence-electron chi connectivity index (χ3n) is 2.32. The number of hydrogen-bond acceptors (Lipinski definition) is 4. The summed E-state index contributed by atoms with van der Waals surface area (Å²) in [6.45, 7) is 3.06. The summed E-state index contributed by atoms with van der Waals surface area (Å²) in [6.07, 6.45) is 2.58. The van der Waals surface area contributed by atoms with Crippen LogP contribution in [0.5, 0.6) is 0 Å². The van der Waals surface area contributed by atoms with E-state index in [2.05, 4.69) is 34.9 Å². The molecule has 5 heteroatoms. The lowest BCUT2D eigenvalue weighted by Crippen LogP contribution is -2.29. The summed E-state index contributed by atoms with van der Waals surface area (Å²) >= 11 is 1.79. The van der Waals surface area contributed by atoms with Crippen LogP contribution in [-0.4, -0.2) is 23.6 Å². The first-order chi connectivity index (χ1) is 7.72. The van der Waals surface area contributed by atoms with Gasteiger partial charge in [-0.05, 0) is 37.8 Å². The van der Waals surface area contributed by atoms with E-state index in [4.69, 9.17) is 10.9 Å². The van der Waals surface area contributed by atoms with Crippen molar-refractivity contribution < 1.29 is 5.21 Å². The Labute approximate surface area is 100 Å². The van der Waals surface area contributed by atoms with E-state index in [1.165, 1.54) is 4.88 Å². The van der Waals surface area contributed by atoms with Crippen molar-refractivity contribution in [1.29, 1.82) is 0 Å². The lowest BCUT2D eigenvalue weighted by molar-refractivity contribution is 0.316. The van der Waals surface area contributed by atoms with Crippen LogP contribution >= 0.6 is 11.3 Å². The van der Waals surface area contributed by atoms with E-state index in [0.717, 1.165) is 19.4 Å². The molecule has 0 aliphatic heterocycles. The first-order valence-electron chi connectivity index (χ1n) is 5.44. The van der Waals surface area contributed by atoms with Gasteiger partial charge in [-0.1, -0.05) is 11.2 Å². The number of thiophene rings is 1. The van der Waals surface area contributed by atoms with Crippen molar-refractivity contribution in [3.63, 3.8) is 0 Å². The van der Waals surface area contributed by atoms with Crippen molar-refractivity contribution in [3.05, 3.63) is 22.4 Å². The lowest BCUT2D eigenvalue weighted by atomic mass is 10.2. The van der Waals surface area contributed by atoms with Crippen LogP contribution in [0.2, 0.25) is 0 Å². The largest absolute Gasteiger partial charge is 0.409 e. The van der Waals surface area contributed by atoms with Crippen molar-refractivity contribution >= 4 is 17.2 Å². The van der Waals surface area contributed by atoms with Crippen LogP contribution in [0.4, 0.5) is 0 Å². The second-order valence-corrected chi connectivity index (χ2v) is 4.87. The zero-order chi connectivity index (χ0) is 11.8. The average Bonchev–Trinajstić information content (AvgIpc) is 2.76. The predicted octanol–water partition coefficient (Wildman–Crippen LogP) is 1.80. The molecule has 1 aromatic heterocycles. The van der Waals surface area contributed by atoms with Gasteiger partial charge >= 0.3 is 0 Å². The summed E-state index contributed by atoms with van der Waals surface area (Å²) < 4.78 is 0. The molecule has 0 aliphatic carbocycles. The molecule has 4 nitrogen and oxygen atoms in total. The molecule has 0 radical (unpaired) electrons. The maximum atomic E-state index is 8.36. The Balaban J connectivity index is 2.09. The van der Waals surface area contributed by atoms with Gasteiger partial charge in [0.25, 0.3) is 0 Å². The van der Waals surface area contributed by atoms with Gasteiger partial charge in [0.2, 0.25) is 0 Å². The molecular formula is C11H19N3OS. The fourth-order valence-electron chi connectivity index (χ4n) is 1.47. The second kappa shape index (κ2) is 7.24. The molecule has 1 aromatic rings. The third kappa shape index (κ3) is 5.14. The summed E-state index contributed by atoms with van der Waals surface area (Å²) in [4.78, 5) is 1.40. The molecule has 1 heterocycles. The molecular weight excluding hydrogens is 222 g/mol. The monoisotopic (exact) mass is 241 g/mol. The fraction of sp³-hybridized carbons (Fsp3) is 0.545. The van der Waals surface area contributed by atoms with Crippen LogP contribution in [0.1, 0.15) is 24.6 Å².